The molecule has 0 radical (unpaired) electrons. The van der Waals surface area contributed by atoms with E-state index in [4.69, 9.17) is 9.47 Å². The van der Waals surface area contributed by atoms with Crippen LogP contribution in [0, 0.1) is 0 Å². The first-order valence-electron chi connectivity index (χ1n) is 11.0. The summed E-state index contributed by atoms with van der Waals surface area (Å²) in [6, 6.07) is 16.3. The molecule has 7 nitrogen and oxygen atoms in total. The molecular weight excluding hydrogens is 408 g/mol. The summed E-state index contributed by atoms with van der Waals surface area (Å²) in [6.45, 7) is 5.02. The van der Waals surface area contributed by atoms with E-state index in [1.807, 2.05) is 61.5 Å². The van der Waals surface area contributed by atoms with Gasteiger partial charge in [-0.15, -0.1) is 0 Å². The van der Waals surface area contributed by atoms with Crippen molar-refractivity contribution in [2.75, 3.05) is 19.7 Å². The number of hydrogen-bond donors (Lipinski definition) is 0. The SMILES string of the molecule is CCOC(=O)CCN(CC)C(=O)N1Cc2ccccc2CC1C(=O)OCc1ccccc1. The second-order valence-corrected chi connectivity index (χ2v) is 7.63. The van der Waals surface area contributed by atoms with Crippen LogP contribution in [0.3, 0.4) is 0 Å². The van der Waals surface area contributed by atoms with Gasteiger partial charge in [0, 0.05) is 26.1 Å². The van der Waals surface area contributed by atoms with Crippen molar-refractivity contribution in [2.24, 2.45) is 0 Å². The summed E-state index contributed by atoms with van der Waals surface area (Å²) >= 11 is 0. The van der Waals surface area contributed by atoms with Gasteiger partial charge in [0.1, 0.15) is 12.6 Å². The highest BCUT2D eigenvalue weighted by Crippen LogP contribution is 2.25. The average Bonchev–Trinajstić information content (AvgIpc) is 2.82. The van der Waals surface area contributed by atoms with Gasteiger partial charge >= 0.3 is 18.0 Å². The van der Waals surface area contributed by atoms with Crippen LogP contribution in [0.5, 0.6) is 0 Å². The molecule has 2 aromatic carbocycles. The lowest BCUT2D eigenvalue weighted by Gasteiger charge is -2.38. The topological polar surface area (TPSA) is 76.2 Å². The molecule has 0 aliphatic carbocycles. The fourth-order valence-electron chi connectivity index (χ4n) is 3.79. The van der Waals surface area contributed by atoms with E-state index < -0.39 is 12.0 Å². The first-order valence-corrected chi connectivity index (χ1v) is 11.0. The third kappa shape index (κ3) is 5.87. The third-order valence-electron chi connectivity index (χ3n) is 5.53. The van der Waals surface area contributed by atoms with Gasteiger partial charge in [0.25, 0.3) is 0 Å². The van der Waals surface area contributed by atoms with Gasteiger partial charge in [0.15, 0.2) is 0 Å². The van der Waals surface area contributed by atoms with Crippen molar-refractivity contribution < 1.29 is 23.9 Å². The number of benzene rings is 2. The first kappa shape index (κ1) is 23.3. The fourth-order valence-corrected chi connectivity index (χ4v) is 3.79. The van der Waals surface area contributed by atoms with Gasteiger partial charge in [-0.25, -0.2) is 9.59 Å². The number of urea groups is 1. The third-order valence-corrected chi connectivity index (χ3v) is 5.53. The number of amides is 2. The molecule has 0 N–H and O–H groups in total. The predicted molar refractivity (Wildman–Crippen MR) is 120 cm³/mol. The minimum Gasteiger partial charge on any atom is -0.466 e. The molecule has 0 saturated carbocycles. The maximum Gasteiger partial charge on any atom is 0.329 e. The Kier molecular flexibility index (Phi) is 8.25. The van der Waals surface area contributed by atoms with Crippen LogP contribution in [0.4, 0.5) is 4.79 Å². The molecular formula is C25H30N2O5. The summed E-state index contributed by atoms with van der Waals surface area (Å²) in [5.41, 5.74) is 2.93. The van der Waals surface area contributed by atoms with Crippen molar-refractivity contribution in [2.45, 2.75) is 45.9 Å². The van der Waals surface area contributed by atoms with Crippen LogP contribution < -0.4 is 0 Å². The molecule has 0 spiro atoms. The van der Waals surface area contributed by atoms with E-state index in [0.717, 1.165) is 16.7 Å². The number of carbonyl (C=O) groups is 3. The van der Waals surface area contributed by atoms with Crippen molar-refractivity contribution in [3.05, 3.63) is 71.3 Å². The minimum absolute atomic E-state index is 0.112. The summed E-state index contributed by atoms with van der Waals surface area (Å²) in [5, 5.41) is 0. The standard InChI is InChI=1S/C25H30N2O5/c1-3-26(15-14-23(28)31-4-2)25(30)27-17-21-13-9-8-12-20(21)16-22(27)24(29)32-18-19-10-6-5-7-11-19/h5-13,22H,3-4,14-18H2,1-2H3. The molecule has 1 atom stereocenters. The molecule has 3 rings (SSSR count). The predicted octanol–water partition coefficient (Wildman–Crippen LogP) is 3.55. The van der Waals surface area contributed by atoms with Gasteiger partial charge in [0.2, 0.25) is 0 Å². The quantitative estimate of drug-likeness (QED) is 0.589. The molecule has 0 saturated heterocycles. The van der Waals surface area contributed by atoms with Crippen molar-refractivity contribution in [1.82, 2.24) is 9.80 Å². The van der Waals surface area contributed by atoms with Crippen LogP contribution in [0.2, 0.25) is 0 Å². The number of rotatable bonds is 8. The summed E-state index contributed by atoms with van der Waals surface area (Å²) in [7, 11) is 0. The van der Waals surface area contributed by atoms with Gasteiger partial charge in [-0.2, -0.15) is 0 Å². The van der Waals surface area contributed by atoms with Gasteiger partial charge in [0.05, 0.1) is 13.0 Å². The molecule has 170 valence electrons. The monoisotopic (exact) mass is 438 g/mol. The molecule has 1 unspecified atom stereocenters. The molecule has 1 aliphatic rings. The number of carbonyl (C=O) groups excluding carboxylic acids is 3. The first-order chi connectivity index (χ1) is 15.5. The highest BCUT2D eigenvalue weighted by atomic mass is 16.5. The van der Waals surface area contributed by atoms with E-state index in [1.54, 1.807) is 16.7 Å². The van der Waals surface area contributed by atoms with Crippen LogP contribution in [0.1, 0.15) is 37.0 Å². The Balaban J connectivity index is 1.75. The molecule has 7 heteroatoms. The number of fused-ring (bicyclic) bond motifs is 1. The molecule has 1 aliphatic heterocycles. The molecule has 32 heavy (non-hydrogen) atoms. The lowest BCUT2D eigenvalue weighted by atomic mass is 9.94. The van der Waals surface area contributed by atoms with Crippen LogP contribution >= 0.6 is 0 Å². The largest absolute Gasteiger partial charge is 0.466 e. The normalized spacial score (nSPS) is 14.9. The Labute approximate surface area is 188 Å². The van der Waals surface area contributed by atoms with Crippen molar-refractivity contribution in [1.29, 1.82) is 0 Å². The number of hydrogen-bond acceptors (Lipinski definition) is 5. The highest BCUT2D eigenvalue weighted by Gasteiger charge is 2.37. The van der Waals surface area contributed by atoms with Crippen LogP contribution in [-0.2, 0) is 38.6 Å². The molecule has 0 aromatic heterocycles. The zero-order chi connectivity index (χ0) is 22.9. The van der Waals surface area contributed by atoms with Crippen molar-refractivity contribution in [3.63, 3.8) is 0 Å². The van der Waals surface area contributed by atoms with E-state index in [2.05, 4.69) is 0 Å². The minimum atomic E-state index is -0.724. The zero-order valence-electron chi connectivity index (χ0n) is 18.7. The van der Waals surface area contributed by atoms with Gasteiger partial charge < -0.3 is 19.3 Å². The van der Waals surface area contributed by atoms with E-state index in [0.29, 0.717) is 26.1 Å². The number of ether oxygens (including phenoxy) is 2. The summed E-state index contributed by atoms with van der Waals surface area (Å²) in [4.78, 5) is 41.3. The fraction of sp³-hybridized carbons (Fsp3) is 0.400. The van der Waals surface area contributed by atoms with Crippen LogP contribution in [-0.4, -0.2) is 53.5 Å². The van der Waals surface area contributed by atoms with E-state index >= 15 is 0 Å². The van der Waals surface area contributed by atoms with Crippen molar-refractivity contribution >= 4 is 18.0 Å². The lowest BCUT2D eigenvalue weighted by Crippen LogP contribution is -2.54. The van der Waals surface area contributed by atoms with Crippen LogP contribution in [0.25, 0.3) is 0 Å². The zero-order valence-corrected chi connectivity index (χ0v) is 18.7. The summed E-state index contributed by atoms with van der Waals surface area (Å²) in [6.07, 6.45) is 0.506. The molecule has 2 amide bonds. The Morgan fingerprint density at radius 1 is 0.969 bits per heavy atom. The lowest BCUT2D eigenvalue weighted by molar-refractivity contribution is -0.151. The van der Waals surface area contributed by atoms with E-state index in [1.165, 1.54) is 0 Å². The highest BCUT2D eigenvalue weighted by molar-refractivity contribution is 5.85. The molecule has 1 heterocycles. The smallest absolute Gasteiger partial charge is 0.329 e. The van der Waals surface area contributed by atoms with E-state index in [9.17, 15) is 14.4 Å². The molecule has 0 fully saturated rings. The Morgan fingerprint density at radius 3 is 2.34 bits per heavy atom. The maximum atomic E-state index is 13.4. The van der Waals surface area contributed by atoms with Crippen LogP contribution in [0.15, 0.2) is 54.6 Å². The number of nitrogens with zero attached hydrogens (tertiary/aromatic N) is 2. The maximum absolute atomic E-state index is 13.4. The average molecular weight is 439 g/mol. The van der Waals surface area contributed by atoms with Gasteiger partial charge in [-0.3, -0.25) is 4.79 Å². The Bertz CT molecular complexity index is 931. The van der Waals surface area contributed by atoms with E-state index in [-0.39, 0.29) is 31.6 Å². The second-order valence-electron chi connectivity index (χ2n) is 7.63. The second kappa shape index (κ2) is 11.3. The Morgan fingerprint density at radius 2 is 1.66 bits per heavy atom. The summed E-state index contributed by atoms with van der Waals surface area (Å²) in [5.74, 6) is -0.778. The van der Waals surface area contributed by atoms with Crippen molar-refractivity contribution in [3.8, 4) is 0 Å². The van der Waals surface area contributed by atoms with Gasteiger partial charge in [-0.05, 0) is 30.5 Å². The molecule has 2 aromatic rings. The molecule has 0 bridgehead atoms. The Hall–Kier alpha value is -3.35. The summed E-state index contributed by atoms with van der Waals surface area (Å²) < 4.78 is 10.6. The number of esters is 2. The van der Waals surface area contributed by atoms with Gasteiger partial charge in [-0.1, -0.05) is 54.6 Å².